The van der Waals surface area contributed by atoms with Crippen LogP contribution in [-0.2, 0) is 0 Å². The third-order valence-electron chi connectivity index (χ3n) is 2.35. The molecule has 0 atom stereocenters. The molecule has 0 saturated heterocycles. The van der Waals surface area contributed by atoms with Crippen LogP contribution < -0.4 is 0 Å². The number of nitriles is 2. The van der Waals surface area contributed by atoms with Crippen molar-refractivity contribution < 1.29 is 0 Å². The van der Waals surface area contributed by atoms with Gasteiger partial charge in [0, 0.05) is 0 Å². The zero-order chi connectivity index (χ0) is 11.4. The molecule has 0 aromatic heterocycles. The average molecular weight is 204 g/mol. The first-order chi connectivity index (χ1) is 7.85. The van der Waals surface area contributed by atoms with Gasteiger partial charge in [-0.3, -0.25) is 0 Å². The number of rotatable bonds is 1. The Labute approximate surface area is 94.0 Å². The van der Waals surface area contributed by atoms with Crippen LogP contribution in [0.25, 0.3) is 11.1 Å². The Balaban J connectivity index is 2.60. The van der Waals surface area contributed by atoms with E-state index in [1.54, 1.807) is 18.2 Å². The van der Waals surface area contributed by atoms with E-state index in [2.05, 4.69) is 12.1 Å². The zero-order valence-corrected chi connectivity index (χ0v) is 8.51. The summed E-state index contributed by atoms with van der Waals surface area (Å²) in [6.07, 6.45) is 0. The van der Waals surface area contributed by atoms with E-state index in [0.717, 1.165) is 11.1 Å². The lowest BCUT2D eigenvalue weighted by atomic mass is 9.99. The molecule has 0 fully saturated rings. The third-order valence-corrected chi connectivity index (χ3v) is 2.35. The van der Waals surface area contributed by atoms with Gasteiger partial charge in [0.2, 0.25) is 0 Å². The average Bonchev–Trinajstić information content (AvgIpc) is 2.38. The van der Waals surface area contributed by atoms with Crippen LogP contribution >= 0.6 is 0 Å². The highest BCUT2D eigenvalue weighted by molar-refractivity contribution is 5.71. The first-order valence-electron chi connectivity index (χ1n) is 4.85. The van der Waals surface area contributed by atoms with E-state index >= 15 is 0 Å². The Morgan fingerprint density at radius 1 is 0.812 bits per heavy atom. The molecule has 2 aromatic carbocycles. The van der Waals surface area contributed by atoms with Crippen LogP contribution in [0.5, 0.6) is 0 Å². The van der Waals surface area contributed by atoms with Gasteiger partial charge in [-0.1, -0.05) is 30.3 Å². The van der Waals surface area contributed by atoms with E-state index in [9.17, 15) is 0 Å². The minimum absolute atomic E-state index is 0.602. The molecular weight excluding hydrogens is 196 g/mol. The van der Waals surface area contributed by atoms with Crippen molar-refractivity contribution in [2.45, 2.75) is 0 Å². The van der Waals surface area contributed by atoms with Gasteiger partial charge >= 0.3 is 0 Å². The van der Waals surface area contributed by atoms with Crippen molar-refractivity contribution in [3.8, 4) is 23.3 Å². The Bertz CT molecular complexity index is 601. The summed E-state index contributed by atoms with van der Waals surface area (Å²) in [6, 6.07) is 18.9. The second kappa shape index (κ2) is 4.29. The summed E-state index contributed by atoms with van der Waals surface area (Å²) >= 11 is 0. The van der Waals surface area contributed by atoms with Crippen molar-refractivity contribution in [2.75, 3.05) is 0 Å². The molecule has 2 aromatic rings. The van der Waals surface area contributed by atoms with Crippen LogP contribution in [0.15, 0.2) is 48.5 Å². The van der Waals surface area contributed by atoms with E-state index in [1.807, 2.05) is 30.3 Å². The lowest BCUT2D eigenvalue weighted by Crippen LogP contribution is -1.84. The molecule has 0 aliphatic heterocycles. The van der Waals surface area contributed by atoms with Crippen LogP contribution in [-0.4, -0.2) is 0 Å². The smallest absolute Gasteiger partial charge is 0.0998 e. The van der Waals surface area contributed by atoms with E-state index in [1.165, 1.54) is 0 Å². The van der Waals surface area contributed by atoms with Crippen molar-refractivity contribution in [3.05, 3.63) is 59.7 Å². The maximum atomic E-state index is 8.99. The molecule has 0 N–H and O–H groups in total. The topological polar surface area (TPSA) is 47.6 Å². The molecule has 0 radical (unpaired) electrons. The van der Waals surface area contributed by atoms with Crippen LogP contribution in [0.1, 0.15) is 11.1 Å². The molecule has 0 saturated carbocycles. The fraction of sp³-hybridized carbons (Fsp3) is 0. The van der Waals surface area contributed by atoms with Crippen molar-refractivity contribution in [3.63, 3.8) is 0 Å². The van der Waals surface area contributed by atoms with Gasteiger partial charge in [-0.25, -0.2) is 0 Å². The zero-order valence-electron chi connectivity index (χ0n) is 8.51. The summed E-state index contributed by atoms with van der Waals surface area (Å²) in [7, 11) is 0. The monoisotopic (exact) mass is 204 g/mol. The van der Waals surface area contributed by atoms with Gasteiger partial charge in [0.1, 0.15) is 0 Å². The number of hydrogen-bond donors (Lipinski definition) is 0. The Hall–Kier alpha value is -2.58. The maximum absolute atomic E-state index is 8.99. The summed E-state index contributed by atoms with van der Waals surface area (Å²) in [4.78, 5) is 0. The highest BCUT2D eigenvalue weighted by Gasteiger charge is 2.03. The normalized spacial score (nSPS) is 9.12. The van der Waals surface area contributed by atoms with E-state index in [0.29, 0.717) is 11.1 Å². The number of benzene rings is 2. The van der Waals surface area contributed by atoms with Crippen LogP contribution in [0.2, 0.25) is 0 Å². The van der Waals surface area contributed by atoms with Crippen molar-refractivity contribution in [1.82, 2.24) is 0 Å². The Kier molecular flexibility index (Phi) is 2.67. The van der Waals surface area contributed by atoms with Gasteiger partial charge in [0.15, 0.2) is 0 Å². The van der Waals surface area contributed by atoms with Gasteiger partial charge in [0.25, 0.3) is 0 Å². The predicted octanol–water partition coefficient (Wildman–Crippen LogP) is 3.10. The minimum Gasteiger partial charge on any atom is -0.192 e. The molecule has 0 aliphatic rings. The molecule has 2 nitrogen and oxygen atoms in total. The fourth-order valence-corrected chi connectivity index (χ4v) is 1.59. The highest BCUT2D eigenvalue weighted by atomic mass is 14.3. The molecule has 74 valence electrons. The summed E-state index contributed by atoms with van der Waals surface area (Å²) in [5, 5.41) is 17.8. The summed E-state index contributed by atoms with van der Waals surface area (Å²) in [5.41, 5.74) is 2.99. The SMILES string of the molecule is N#Cc1cccc(-c2ccccc2C#N)c1. The quantitative estimate of drug-likeness (QED) is 0.716. The molecular formula is C14H8N2. The van der Waals surface area contributed by atoms with Crippen molar-refractivity contribution in [1.29, 1.82) is 10.5 Å². The molecule has 0 bridgehead atoms. The van der Waals surface area contributed by atoms with E-state index in [4.69, 9.17) is 10.5 Å². The highest BCUT2D eigenvalue weighted by Crippen LogP contribution is 2.23. The second-order valence-corrected chi connectivity index (χ2v) is 3.35. The first-order valence-corrected chi connectivity index (χ1v) is 4.85. The van der Waals surface area contributed by atoms with Crippen molar-refractivity contribution in [2.24, 2.45) is 0 Å². The largest absolute Gasteiger partial charge is 0.192 e. The van der Waals surface area contributed by atoms with Crippen LogP contribution in [0.4, 0.5) is 0 Å². The lowest BCUT2D eigenvalue weighted by Gasteiger charge is -2.03. The van der Waals surface area contributed by atoms with Crippen molar-refractivity contribution >= 4 is 0 Å². The molecule has 0 amide bonds. The molecule has 0 heterocycles. The summed E-state index contributed by atoms with van der Waals surface area (Å²) in [5.74, 6) is 0. The maximum Gasteiger partial charge on any atom is 0.0998 e. The molecule has 0 unspecified atom stereocenters. The Morgan fingerprint density at radius 3 is 2.38 bits per heavy atom. The second-order valence-electron chi connectivity index (χ2n) is 3.35. The molecule has 2 heteroatoms. The number of nitrogens with zero attached hydrogens (tertiary/aromatic N) is 2. The van der Waals surface area contributed by atoms with Gasteiger partial charge in [-0.2, -0.15) is 10.5 Å². The van der Waals surface area contributed by atoms with Gasteiger partial charge < -0.3 is 0 Å². The Morgan fingerprint density at radius 2 is 1.62 bits per heavy atom. The van der Waals surface area contributed by atoms with Gasteiger partial charge in [0.05, 0.1) is 23.3 Å². The molecule has 0 spiro atoms. The lowest BCUT2D eigenvalue weighted by molar-refractivity contribution is 1.46. The first kappa shape index (κ1) is 9.96. The molecule has 2 rings (SSSR count). The standard InChI is InChI=1S/C14H8N2/c15-9-11-4-3-6-12(8-11)14-7-2-1-5-13(14)10-16/h1-8H. The van der Waals surface area contributed by atoms with Crippen LogP contribution in [0, 0.1) is 22.7 Å². The third kappa shape index (κ3) is 1.78. The predicted molar refractivity (Wildman–Crippen MR) is 61.3 cm³/mol. The van der Waals surface area contributed by atoms with E-state index in [-0.39, 0.29) is 0 Å². The van der Waals surface area contributed by atoms with E-state index < -0.39 is 0 Å². The summed E-state index contributed by atoms with van der Waals surface area (Å²) < 4.78 is 0. The molecule has 0 aliphatic carbocycles. The number of hydrogen-bond acceptors (Lipinski definition) is 2. The molecule has 16 heavy (non-hydrogen) atoms. The van der Waals surface area contributed by atoms with Gasteiger partial charge in [-0.05, 0) is 29.3 Å². The van der Waals surface area contributed by atoms with Gasteiger partial charge in [-0.15, -0.1) is 0 Å². The minimum atomic E-state index is 0.602. The van der Waals surface area contributed by atoms with Crippen LogP contribution in [0.3, 0.4) is 0 Å². The summed E-state index contributed by atoms with van der Waals surface area (Å²) in [6.45, 7) is 0. The fourth-order valence-electron chi connectivity index (χ4n) is 1.59.